The zero-order valence-corrected chi connectivity index (χ0v) is 7.16. The zero-order chi connectivity index (χ0) is 8.97. The van der Waals surface area contributed by atoms with Gasteiger partial charge in [-0.15, -0.1) is 0 Å². The molecule has 4 nitrogen and oxygen atoms in total. The van der Waals surface area contributed by atoms with Crippen molar-refractivity contribution in [3.63, 3.8) is 0 Å². The smallest absolute Gasteiger partial charge is 0.0948 e. The molecular weight excluding hydrogens is 156 g/mol. The number of nitriles is 1. The summed E-state index contributed by atoms with van der Waals surface area (Å²) in [5.74, 6) is -0.0159. The maximum absolute atomic E-state index is 9.30. The van der Waals surface area contributed by atoms with E-state index in [0.717, 1.165) is 0 Å². The molecule has 0 aliphatic carbocycles. The Bertz CT molecular complexity index is 178. The predicted molar refractivity (Wildman–Crippen MR) is 43.4 cm³/mol. The summed E-state index contributed by atoms with van der Waals surface area (Å²) in [5.41, 5.74) is 0. The summed E-state index contributed by atoms with van der Waals surface area (Å²) in [6.07, 6.45) is -0.420. The molecule has 1 saturated heterocycles. The van der Waals surface area contributed by atoms with Gasteiger partial charge in [0.25, 0.3) is 0 Å². The Hall–Kier alpha value is -0.630. The molecule has 3 unspecified atom stereocenters. The lowest BCUT2D eigenvalue weighted by molar-refractivity contribution is 0.122. The average molecular weight is 170 g/mol. The fourth-order valence-electron chi connectivity index (χ4n) is 1.11. The molecule has 1 rings (SSSR count). The molecule has 4 heteroatoms. The van der Waals surface area contributed by atoms with Gasteiger partial charge in [-0.25, -0.2) is 0 Å². The van der Waals surface area contributed by atoms with Gasteiger partial charge in [0.15, 0.2) is 0 Å². The molecule has 68 valence electrons. The maximum atomic E-state index is 9.30. The van der Waals surface area contributed by atoms with Gasteiger partial charge in [0.05, 0.1) is 37.3 Å². The molecule has 1 fully saturated rings. The third-order valence-electron chi connectivity index (χ3n) is 1.96. The monoisotopic (exact) mass is 170 g/mol. The number of aliphatic hydroxyl groups excluding tert-OH is 1. The second-order valence-electron chi connectivity index (χ2n) is 3.15. The van der Waals surface area contributed by atoms with Gasteiger partial charge >= 0.3 is 0 Å². The van der Waals surface area contributed by atoms with Gasteiger partial charge < -0.3 is 15.2 Å². The van der Waals surface area contributed by atoms with Gasteiger partial charge in [-0.3, -0.25) is 0 Å². The van der Waals surface area contributed by atoms with Crippen LogP contribution in [0.2, 0.25) is 0 Å². The summed E-state index contributed by atoms with van der Waals surface area (Å²) in [6, 6.07) is 2.12. The van der Waals surface area contributed by atoms with E-state index in [1.54, 1.807) is 0 Å². The van der Waals surface area contributed by atoms with Crippen LogP contribution in [0.5, 0.6) is 0 Å². The normalized spacial score (nSPS) is 31.4. The zero-order valence-electron chi connectivity index (χ0n) is 7.16. The van der Waals surface area contributed by atoms with Crippen molar-refractivity contribution in [2.75, 3.05) is 19.8 Å². The van der Waals surface area contributed by atoms with Crippen molar-refractivity contribution in [1.82, 2.24) is 5.32 Å². The number of ether oxygens (including phenoxy) is 1. The topological polar surface area (TPSA) is 65.3 Å². The Labute approximate surface area is 72.1 Å². The summed E-state index contributed by atoms with van der Waals surface area (Å²) >= 11 is 0. The van der Waals surface area contributed by atoms with Crippen LogP contribution in [0.15, 0.2) is 0 Å². The van der Waals surface area contributed by atoms with E-state index < -0.39 is 6.10 Å². The largest absolute Gasteiger partial charge is 0.389 e. The summed E-state index contributed by atoms with van der Waals surface area (Å²) in [4.78, 5) is 0. The highest BCUT2D eigenvalue weighted by molar-refractivity contribution is 4.85. The van der Waals surface area contributed by atoms with Crippen molar-refractivity contribution < 1.29 is 9.84 Å². The number of hydrogen-bond donors (Lipinski definition) is 2. The van der Waals surface area contributed by atoms with Crippen molar-refractivity contribution in [3.8, 4) is 6.07 Å². The molecule has 2 N–H and O–H groups in total. The first-order valence-corrected chi connectivity index (χ1v) is 4.13. The van der Waals surface area contributed by atoms with Crippen LogP contribution in [0.1, 0.15) is 6.92 Å². The molecule has 0 spiro atoms. The van der Waals surface area contributed by atoms with Crippen LogP contribution in [-0.2, 0) is 4.74 Å². The van der Waals surface area contributed by atoms with Gasteiger partial charge in [0, 0.05) is 6.54 Å². The van der Waals surface area contributed by atoms with Crippen LogP contribution in [-0.4, -0.2) is 37.0 Å². The van der Waals surface area contributed by atoms with Crippen molar-refractivity contribution >= 4 is 0 Å². The highest BCUT2D eigenvalue weighted by Crippen LogP contribution is 2.05. The Morgan fingerprint density at radius 1 is 1.75 bits per heavy atom. The molecule has 0 saturated carbocycles. The maximum Gasteiger partial charge on any atom is 0.0948 e. The predicted octanol–water partition coefficient (Wildman–Crippen LogP) is -0.505. The number of aliphatic hydroxyl groups is 1. The van der Waals surface area contributed by atoms with E-state index in [2.05, 4.69) is 11.4 Å². The third-order valence-corrected chi connectivity index (χ3v) is 1.96. The van der Waals surface area contributed by atoms with E-state index in [-0.39, 0.29) is 12.0 Å². The molecule has 0 bridgehead atoms. The third kappa shape index (κ3) is 2.45. The molecule has 0 radical (unpaired) electrons. The molecule has 0 amide bonds. The van der Waals surface area contributed by atoms with E-state index in [1.165, 1.54) is 0 Å². The Morgan fingerprint density at radius 2 is 2.50 bits per heavy atom. The minimum atomic E-state index is -0.420. The SMILES string of the molecule is CC(C#N)CNC1COCC1O. The lowest BCUT2D eigenvalue weighted by Crippen LogP contribution is -2.40. The second-order valence-corrected chi connectivity index (χ2v) is 3.15. The summed E-state index contributed by atoms with van der Waals surface area (Å²) in [5, 5.41) is 20.9. The highest BCUT2D eigenvalue weighted by Gasteiger charge is 2.25. The summed E-state index contributed by atoms with van der Waals surface area (Å²) < 4.78 is 5.04. The minimum Gasteiger partial charge on any atom is -0.389 e. The van der Waals surface area contributed by atoms with Gasteiger partial charge in [-0.1, -0.05) is 0 Å². The van der Waals surface area contributed by atoms with Crippen molar-refractivity contribution in [2.24, 2.45) is 5.92 Å². The highest BCUT2D eigenvalue weighted by atomic mass is 16.5. The fraction of sp³-hybridized carbons (Fsp3) is 0.875. The average Bonchev–Trinajstić information content (AvgIpc) is 2.47. The minimum absolute atomic E-state index is 0.000741. The van der Waals surface area contributed by atoms with Crippen LogP contribution in [0, 0.1) is 17.2 Å². The Balaban J connectivity index is 2.19. The molecule has 0 aromatic carbocycles. The van der Waals surface area contributed by atoms with Crippen molar-refractivity contribution in [2.45, 2.75) is 19.1 Å². The van der Waals surface area contributed by atoms with E-state index in [9.17, 15) is 5.11 Å². The van der Waals surface area contributed by atoms with Gasteiger partial charge in [-0.05, 0) is 6.92 Å². The van der Waals surface area contributed by atoms with Gasteiger partial charge in [0.1, 0.15) is 0 Å². The number of nitrogens with one attached hydrogen (secondary N) is 1. The van der Waals surface area contributed by atoms with Crippen LogP contribution >= 0.6 is 0 Å². The van der Waals surface area contributed by atoms with Gasteiger partial charge in [0.2, 0.25) is 0 Å². The molecule has 1 aliphatic rings. The number of hydrogen-bond acceptors (Lipinski definition) is 4. The van der Waals surface area contributed by atoms with Crippen molar-refractivity contribution in [3.05, 3.63) is 0 Å². The van der Waals surface area contributed by atoms with Gasteiger partial charge in [-0.2, -0.15) is 5.26 Å². The first-order chi connectivity index (χ1) is 5.74. The standard InChI is InChI=1S/C8H14N2O2/c1-6(2-9)3-10-7-4-12-5-8(7)11/h6-8,10-11H,3-5H2,1H3. The van der Waals surface area contributed by atoms with Crippen molar-refractivity contribution in [1.29, 1.82) is 5.26 Å². The molecular formula is C8H14N2O2. The molecule has 1 aliphatic heterocycles. The van der Waals surface area contributed by atoms with E-state index >= 15 is 0 Å². The van der Waals surface area contributed by atoms with E-state index in [4.69, 9.17) is 10.00 Å². The lowest BCUT2D eigenvalue weighted by Gasteiger charge is -2.14. The molecule has 0 aromatic rings. The van der Waals surface area contributed by atoms with E-state index in [1.807, 2.05) is 6.92 Å². The quantitative estimate of drug-likeness (QED) is 0.599. The second kappa shape index (κ2) is 4.41. The van der Waals surface area contributed by atoms with E-state index in [0.29, 0.717) is 19.8 Å². The molecule has 0 aromatic heterocycles. The van der Waals surface area contributed by atoms with Crippen LogP contribution < -0.4 is 5.32 Å². The van der Waals surface area contributed by atoms with Crippen LogP contribution in [0.4, 0.5) is 0 Å². The number of nitrogens with zero attached hydrogens (tertiary/aromatic N) is 1. The molecule has 12 heavy (non-hydrogen) atoms. The first-order valence-electron chi connectivity index (χ1n) is 4.13. The van der Waals surface area contributed by atoms with Crippen LogP contribution in [0.3, 0.4) is 0 Å². The van der Waals surface area contributed by atoms with Crippen LogP contribution in [0.25, 0.3) is 0 Å². The lowest BCUT2D eigenvalue weighted by atomic mass is 10.1. The Kier molecular flexibility index (Phi) is 3.48. The molecule has 1 heterocycles. The first kappa shape index (κ1) is 9.46. The molecule has 3 atom stereocenters. The summed E-state index contributed by atoms with van der Waals surface area (Å²) in [7, 11) is 0. The Morgan fingerprint density at radius 3 is 3.00 bits per heavy atom. The summed E-state index contributed by atoms with van der Waals surface area (Å²) in [6.45, 7) is 3.40. The number of rotatable bonds is 3. The fourth-order valence-corrected chi connectivity index (χ4v) is 1.11.